The molecule has 1 fully saturated rings. The first-order valence-electron chi connectivity index (χ1n) is 8.80. The van der Waals surface area contributed by atoms with Crippen LogP contribution in [0, 0.1) is 0 Å². The van der Waals surface area contributed by atoms with Crippen LogP contribution in [0.2, 0.25) is 10.0 Å². The Balaban J connectivity index is 1.55. The van der Waals surface area contributed by atoms with E-state index in [9.17, 15) is 9.59 Å². The van der Waals surface area contributed by atoms with Crippen molar-refractivity contribution in [3.63, 3.8) is 0 Å². The molecule has 1 atom stereocenters. The van der Waals surface area contributed by atoms with Crippen molar-refractivity contribution >= 4 is 40.7 Å². The zero-order valence-corrected chi connectivity index (χ0v) is 16.5. The van der Waals surface area contributed by atoms with Crippen LogP contribution < -0.4 is 5.32 Å². The summed E-state index contributed by atoms with van der Waals surface area (Å²) in [5.41, 5.74) is 1.23. The molecular weight excluding hydrogens is 385 g/mol. The Morgan fingerprint density at radius 3 is 2.30 bits per heavy atom. The van der Waals surface area contributed by atoms with Crippen LogP contribution in [-0.4, -0.2) is 53.8 Å². The third kappa shape index (κ3) is 4.80. The Morgan fingerprint density at radius 2 is 1.67 bits per heavy atom. The zero-order chi connectivity index (χ0) is 19.4. The number of hydrogen-bond donors (Lipinski definition) is 1. The van der Waals surface area contributed by atoms with E-state index in [1.807, 2.05) is 42.2 Å². The largest absolute Gasteiger partial charge is 0.336 e. The van der Waals surface area contributed by atoms with E-state index in [1.165, 1.54) is 0 Å². The second-order valence-corrected chi connectivity index (χ2v) is 7.33. The summed E-state index contributed by atoms with van der Waals surface area (Å²) in [6, 6.07) is 13.9. The Bertz CT molecular complexity index is 821. The molecule has 1 saturated heterocycles. The summed E-state index contributed by atoms with van der Waals surface area (Å²) in [6.07, 6.45) is 0. The fourth-order valence-electron chi connectivity index (χ4n) is 3.07. The van der Waals surface area contributed by atoms with E-state index in [1.54, 1.807) is 18.2 Å². The number of nitrogens with zero attached hydrogens (tertiary/aromatic N) is 2. The number of carbonyl (C=O) groups is 2. The SMILES string of the molecule is C[C@H](C(=O)Nc1ccc(Cl)cc1Cl)N1CCN(C(=O)c2ccccc2)CC1. The summed E-state index contributed by atoms with van der Waals surface area (Å²) in [5.74, 6) is -0.109. The van der Waals surface area contributed by atoms with Gasteiger partial charge in [0.1, 0.15) is 0 Å². The minimum atomic E-state index is -0.328. The highest BCUT2D eigenvalue weighted by Gasteiger charge is 2.28. The molecule has 0 saturated carbocycles. The lowest BCUT2D eigenvalue weighted by Crippen LogP contribution is -2.54. The number of halogens is 2. The van der Waals surface area contributed by atoms with Crippen LogP contribution in [0.5, 0.6) is 0 Å². The van der Waals surface area contributed by atoms with Crippen molar-refractivity contribution in [2.75, 3.05) is 31.5 Å². The number of anilines is 1. The number of nitrogens with one attached hydrogen (secondary N) is 1. The summed E-state index contributed by atoms with van der Waals surface area (Å²) in [4.78, 5) is 29.0. The zero-order valence-electron chi connectivity index (χ0n) is 15.0. The van der Waals surface area contributed by atoms with Crippen molar-refractivity contribution in [2.45, 2.75) is 13.0 Å². The molecule has 7 heteroatoms. The van der Waals surface area contributed by atoms with Crippen LogP contribution in [0.1, 0.15) is 17.3 Å². The maximum absolute atomic E-state index is 12.6. The lowest BCUT2D eigenvalue weighted by molar-refractivity contribution is -0.121. The van der Waals surface area contributed by atoms with E-state index in [2.05, 4.69) is 10.2 Å². The molecule has 2 aromatic carbocycles. The highest BCUT2D eigenvalue weighted by atomic mass is 35.5. The first-order chi connectivity index (χ1) is 13.0. The Hall–Kier alpha value is -2.08. The highest BCUT2D eigenvalue weighted by Crippen LogP contribution is 2.25. The molecule has 2 aromatic rings. The molecule has 1 aliphatic rings. The van der Waals surface area contributed by atoms with Crippen molar-refractivity contribution in [3.05, 3.63) is 64.1 Å². The van der Waals surface area contributed by atoms with E-state index in [-0.39, 0.29) is 17.9 Å². The van der Waals surface area contributed by atoms with Crippen LogP contribution in [0.25, 0.3) is 0 Å². The number of amides is 2. The lowest BCUT2D eigenvalue weighted by atomic mass is 10.1. The molecule has 0 bridgehead atoms. The van der Waals surface area contributed by atoms with Crippen molar-refractivity contribution < 1.29 is 9.59 Å². The molecule has 0 unspecified atom stereocenters. The predicted molar refractivity (Wildman–Crippen MR) is 108 cm³/mol. The van der Waals surface area contributed by atoms with E-state index in [0.29, 0.717) is 47.5 Å². The van der Waals surface area contributed by atoms with Crippen molar-refractivity contribution in [1.29, 1.82) is 0 Å². The van der Waals surface area contributed by atoms with Gasteiger partial charge in [-0.15, -0.1) is 0 Å². The molecule has 3 rings (SSSR count). The molecule has 1 aliphatic heterocycles. The molecule has 2 amide bonds. The maximum atomic E-state index is 12.6. The van der Waals surface area contributed by atoms with Gasteiger partial charge in [0.25, 0.3) is 5.91 Å². The van der Waals surface area contributed by atoms with Gasteiger partial charge in [-0.3, -0.25) is 14.5 Å². The molecule has 0 aromatic heterocycles. The fourth-order valence-corrected chi connectivity index (χ4v) is 3.53. The van der Waals surface area contributed by atoms with Crippen molar-refractivity contribution in [3.8, 4) is 0 Å². The topological polar surface area (TPSA) is 52.7 Å². The Kier molecular flexibility index (Phi) is 6.37. The van der Waals surface area contributed by atoms with E-state index in [4.69, 9.17) is 23.2 Å². The van der Waals surface area contributed by atoms with Gasteiger partial charge in [-0.2, -0.15) is 0 Å². The third-order valence-corrected chi connectivity index (χ3v) is 5.29. The number of carbonyl (C=O) groups excluding carboxylic acids is 2. The Labute approximate surface area is 168 Å². The summed E-state index contributed by atoms with van der Waals surface area (Å²) in [7, 11) is 0. The molecule has 1 N–H and O–H groups in total. The second kappa shape index (κ2) is 8.74. The number of hydrogen-bond acceptors (Lipinski definition) is 3. The van der Waals surface area contributed by atoms with Gasteiger partial charge in [0.15, 0.2) is 0 Å². The van der Waals surface area contributed by atoms with Gasteiger partial charge >= 0.3 is 0 Å². The van der Waals surface area contributed by atoms with Crippen molar-refractivity contribution in [1.82, 2.24) is 9.80 Å². The summed E-state index contributed by atoms with van der Waals surface area (Å²) in [5, 5.41) is 3.77. The molecular formula is C20H21Cl2N3O2. The van der Waals surface area contributed by atoms with Crippen LogP contribution >= 0.6 is 23.2 Å². The molecule has 142 valence electrons. The van der Waals surface area contributed by atoms with Crippen LogP contribution in [0.4, 0.5) is 5.69 Å². The number of benzene rings is 2. The summed E-state index contributed by atoms with van der Waals surface area (Å²) < 4.78 is 0. The smallest absolute Gasteiger partial charge is 0.253 e. The molecule has 5 nitrogen and oxygen atoms in total. The van der Waals surface area contributed by atoms with Crippen LogP contribution in [0.3, 0.4) is 0 Å². The van der Waals surface area contributed by atoms with Crippen LogP contribution in [0.15, 0.2) is 48.5 Å². The van der Waals surface area contributed by atoms with E-state index in [0.717, 1.165) is 0 Å². The summed E-state index contributed by atoms with van der Waals surface area (Å²) in [6.45, 7) is 4.32. The molecule has 1 heterocycles. The summed E-state index contributed by atoms with van der Waals surface area (Å²) >= 11 is 12.0. The van der Waals surface area contributed by atoms with Gasteiger partial charge in [-0.1, -0.05) is 41.4 Å². The highest BCUT2D eigenvalue weighted by molar-refractivity contribution is 6.36. The molecule has 0 radical (unpaired) electrons. The van der Waals surface area contributed by atoms with Gasteiger partial charge in [0.05, 0.1) is 16.8 Å². The van der Waals surface area contributed by atoms with Gasteiger partial charge in [0.2, 0.25) is 5.91 Å². The predicted octanol–water partition coefficient (Wildman–Crippen LogP) is 3.78. The lowest BCUT2D eigenvalue weighted by Gasteiger charge is -2.37. The van der Waals surface area contributed by atoms with Gasteiger partial charge in [-0.05, 0) is 37.3 Å². The minimum absolute atomic E-state index is 0.0281. The minimum Gasteiger partial charge on any atom is -0.336 e. The first kappa shape index (κ1) is 19.7. The van der Waals surface area contributed by atoms with E-state index < -0.39 is 0 Å². The second-order valence-electron chi connectivity index (χ2n) is 6.48. The monoisotopic (exact) mass is 405 g/mol. The molecule has 0 aliphatic carbocycles. The average Bonchev–Trinajstić information content (AvgIpc) is 2.69. The fraction of sp³-hybridized carbons (Fsp3) is 0.300. The van der Waals surface area contributed by atoms with Crippen LogP contribution in [-0.2, 0) is 4.79 Å². The van der Waals surface area contributed by atoms with Crippen molar-refractivity contribution in [2.24, 2.45) is 0 Å². The van der Waals surface area contributed by atoms with Gasteiger partial charge < -0.3 is 10.2 Å². The quantitative estimate of drug-likeness (QED) is 0.841. The molecule has 0 spiro atoms. The van der Waals surface area contributed by atoms with Gasteiger partial charge in [0, 0.05) is 36.8 Å². The normalized spacial score (nSPS) is 16.0. The van der Waals surface area contributed by atoms with Gasteiger partial charge in [-0.25, -0.2) is 0 Å². The average molecular weight is 406 g/mol. The standard InChI is InChI=1S/C20H21Cl2N3O2/c1-14(19(26)23-18-8-7-16(21)13-17(18)22)24-9-11-25(12-10-24)20(27)15-5-3-2-4-6-15/h2-8,13-14H,9-12H2,1H3,(H,23,26)/t14-/m1/s1. The first-order valence-corrected chi connectivity index (χ1v) is 9.55. The maximum Gasteiger partial charge on any atom is 0.253 e. The molecule has 27 heavy (non-hydrogen) atoms. The number of piperazine rings is 1. The Morgan fingerprint density at radius 1 is 1.00 bits per heavy atom. The van der Waals surface area contributed by atoms with E-state index >= 15 is 0 Å². The third-order valence-electron chi connectivity index (χ3n) is 4.74. The number of rotatable bonds is 4.